The van der Waals surface area contributed by atoms with Crippen LogP contribution >= 0.6 is 11.6 Å². The summed E-state index contributed by atoms with van der Waals surface area (Å²) >= 11 is 6.73. The van der Waals surface area contributed by atoms with Crippen LogP contribution < -0.4 is 0 Å². The Labute approximate surface area is 182 Å². The van der Waals surface area contributed by atoms with Crippen LogP contribution in [-0.4, -0.2) is 4.98 Å². The Bertz CT molecular complexity index is 1400. The second-order valence-corrected chi connectivity index (χ2v) is 8.93. The van der Waals surface area contributed by atoms with Gasteiger partial charge >= 0.3 is 0 Å². The average Bonchev–Trinajstić information content (AvgIpc) is 3.05. The monoisotopic (exact) mass is 409 g/mol. The van der Waals surface area contributed by atoms with Crippen molar-refractivity contribution in [1.82, 2.24) is 4.98 Å². The molecule has 0 saturated carbocycles. The Morgan fingerprint density at radius 2 is 1.03 bits per heavy atom. The second-order valence-electron chi connectivity index (χ2n) is 8.52. The highest BCUT2D eigenvalue weighted by molar-refractivity contribution is 6.36. The number of halogens is 1. The molecule has 1 nitrogen and oxygen atoms in total. The van der Waals surface area contributed by atoms with Gasteiger partial charge in [0, 0.05) is 16.3 Å². The van der Waals surface area contributed by atoms with Crippen LogP contribution in [0.25, 0.3) is 44.1 Å². The molecule has 1 aromatic heterocycles. The van der Waals surface area contributed by atoms with Gasteiger partial charge in [0.15, 0.2) is 0 Å². The van der Waals surface area contributed by atoms with Crippen LogP contribution in [-0.2, 0) is 0 Å². The van der Waals surface area contributed by atoms with E-state index < -0.39 is 0 Å². The molecule has 5 aromatic rings. The first-order valence-corrected chi connectivity index (χ1v) is 10.7. The molecule has 0 saturated heterocycles. The summed E-state index contributed by atoms with van der Waals surface area (Å²) in [6.07, 6.45) is 0. The van der Waals surface area contributed by atoms with Gasteiger partial charge in [0.1, 0.15) is 0 Å². The minimum absolute atomic E-state index is 0.755. The standard InChI is InChI=1S/C28H24ClN/c1-16-7-17(2)10-21(9-16)20-5-6-27-24(13-20)25-14-23(15-26(29)28(25)30-27)22-11-18(3)8-19(4)12-22/h5-15,30H,1-4H3. The summed E-state index contributed by atoms with van der Waals surface area (Å²) in [5.41, 5.74) is 12.0. The van der Waals surface area contributed by atoms with Crippen molar-refractivity contribution in [2.24, 2.45) is 0 Å². The van der Waals surface area contributed by atoms with Crippen LogP contribution in [0.15, 0.2) is 66.7 Å². The van der Waals surface area contributed by atoms with Gasteiger partial charge in [-0.1, -0.05) is 76.3 Å². The quantitative estimate of drug-likeness (QED) is 0.300. The molecule has 0 aliphatic heterocycles. The Kier molecular flexibility index (Phi) is 4.45. The van der Waals surface area contributed by atoms with Gasteiger partial charge in [-0.3, -0.25) is 0 Å². The average molecular weight is 410 g/mol. The van der Waals surface area contributed by atoms with Crippen LogP contribution in [0.1, 0.15) is 22.3 Å². The van der Waals surface area contributed by atoms with E-state index in [9.17, 15) is 0 Å². The first-order valence-electron chi connectivity index (χ1n) is 10.3. The predicted octanol–water partition coefficient (Wildman–Crippen LogP) is 8.54. The van der Waals surface area contributed by atoms with Gasteiger partial charge in [0.2, 0.25) is 0 Å². The summed E-state index contributed by atoms with van der Waals surface area (Å²) in [6.45, 7) is 8.57. The van der Waals surface area contributed by atoms with Gasteiger partial charge in [-0.25, -0.2) is 0 Å². The molecule has 0 radical (unpaired) electrons. The molecule has 0 aliphatic rings. The van der Waals surface area contributed by atoms with Crippen molar-refractivity contribution in [3.05, 3.63) is 94.0 Å². The summed E-state index contributed by atoms with van der Waals surface area (Å²) in [4.78, 5) is 3.52. The molecule has 1 heterocycles. The first kappa shape index (κ1) is 19.0. The molecule has 0 spiro atoms. The predicted molar refractivity (Wildman–Crippen MR) is 131 cm³/mol. The highest BCUT2D eigenvalue weighted by Gasteiger charge is 2.12. The van der Waals surface area contributed by atoms with Gasteiger partial charge in [-0.2, -0.15) is 0 Å². The zero-order valence-corrected chi connectivity index (χ0v) is 18.5. The lowest BCUT2D eigenvalue weighted by molar-refractivity contribution is 1.38. The maximum Gasteiger partial charge on any atom is 0.0654 e. The third kappa shape index (κ3) is 3.30. The largest absolute Gasteiger partial charge is 0.353 e. The van der Waals surface area contributed by atoms with E-state index in [-0.39, 0.29) is 0 Å². The van der Waals surface area contributed by atoms with Gasteiger partial charge in [0.05, 0.1) is 10.5 Å². The molecule has 0 unspecified atom stereocenters. The van der Waals surface area contributed by atoms with E-state index >= 15 is 0 Å². The van der Waals surface area contributed by atoms with Crippen LogP contribution in [0.5, 0.6) is 0 Å². The van der Waals surface area contributed by atoms with Crippen LogP contribution in [0, 0.1) is 27.7 Å². The molecule has 2 heteroatoms. The lowest BCUT2D eigenvalue weighted by atomic mass is 9.97. The Hall–Kier alpha value is -3.03. The lowest BCUT2D eigenvalue weighted by Crippen LogP contribution is -1.84. The highest BCUT2D eigenvalue weighted by atomic mass is 35.5. The van der Waals surface area contributed by atoms with E-state index in [0.29, 0.717) is 0 Å². The molecule has 5 rings (SSSR count). The molecule has 4 aromatic carbocycles. The number of hydrogen-bond acceptors (Lipinski definition) is 0. The number of hydrogen-bond donors (Lipinski definition) is 1. The summed E-state index contributed by atoms with van der Waals surface area (Å²) in [6, 6.07) is 24.3. The number of nitrogens with one attached hydrogen (secondary N) is 1. The van der Waals surface area contributed by atoms with Crippen molar-refractivity contribution in [2.45, 2.75) is 27.7 Å². The van der Waals surface area contributed by atoms with Crippen LogP contribution in [0.2, 0.25) is 5.02 Å². The molecule has 0 amide bonds. The van der Waals surface area contributed by atoms with E-state index in [1.54, 1.807) is 0 Å². The third-order valence-electron chi connectivity index (χ3n) is 5.77. The van der Waals surface area contributed by atoms with Crippen molar-refractivity contribution in [2.75, 3.05) is 0 Å². The van der Waals surface area contributed by atoms with Crippen molar-refractivity contribution < 1.29 is 0 Å². The van der Waals surface area contributed by atoms with Gasteiger partial charge < -0.3 is 4.98 Å². The second kappa shape index (κ2) is 7.04. The summed E-state index contributed by atoms with van der Waals surface area (Å²) in [5, 5.41) is 3.12. The zero-order valence-electron chi connectivity index (χ0n) is 17.7. The van der Waals surface area contributed by atoms with E-state index in [2.05, 4.69) is 99.4 Å². The molecule has 0 aliphatic carbocycles. The molecule has 0 bridgehead atoms. The molecule has 0 fully saturated rings. The topological polar surface area (TPSA) is 15.8 Å². The maximum absolute atomic E-state index is 6.73. The van der Waals surface area contributed by atoms with Gasteiger partial charge in [0.25, 0.3) is 0 Å². The fraction of sp³-hybridized carbons (Fsp3) is 0.143. The number of H-pyrrole nitrogens is 1. The van der Waals surface area contributed by atoms with Crippen molar-refractivity contribution >= 4 is 33.4 Å². The minimum atomic E-state index is 0.755. The fourth-order valence-corrected chi connectivity index (χ4v) is 4.85. The molecule has 1 N–H and O–H groups in total. The van der Waals surface area contributed by atoms with Crippen LogP contribution in [0.4, 0.5) is 0 Å². The zero-order chi connectivity index (χ0) is 21.0. The lowest BCUT2D eigenvalue weighted by Gasteiger charge is -2.08. The Morgan fingerprint density at radius 3 is 1.63 bits per heavy atom. The van der Waals surface area contributed by atoms with E-state index in [0.717, 1.165) is 27.0 Å². The Morgan fingerprint density at radius 1 is 0.533 bits per heavy atom. The number of aryl methyl sites for hydroxylation is 4. The van der Waals surface area contributed by atoms with Crippen molar-refractivity contribution in [1.29, 1.82) is 0 Å². The summed E-state index contributed by atoms with van der Waals surface area (Å²) < 4.78 is 0. The van der Waals surface area contributed by atoms with Gasteiger partial charge in [-0.15, -0.1) is 0 Å². The highest BCUT2D eigenvalue weighted by Crippen LogP contribution is 2.37. The third-order valence-corrected chi connectivity index (χ3v) is 6.07. The van der Waals surface area contributed by atoms with E-state index in [1.807, 2.05) is 0 Å². The smallest absolute Gasteiger partial charge is 0.0654 e. The van der Waals surface area contributed by atoms with E-state index in [1.165, 1.54) is 44.3 Å². The van der Waals surface area contributed by atoms with Crippen molar-refractivity contribution in [3.8, 4) is 22.3 Å². The molecular formula is C28H24ClN. The fourth-order valence-electron chi connectivity index (χ4n) is 4.59. The van der Waals surface area contributed by atoms with Gasteiger partial charge in [-0.05, 0) is 74.2 Å². The van der Waals surface area contributed by atoms with Crippen molar-refractivity contribution in [3.63, 3.8) is 0 Å². The summed E-state index contributed by atoms with van der Waals surface area (Å²) in [5.74, 6) is 0. The van der Waals surface area contributed by atoms with Crippen LogP contribution in [0.3, 0.4) is 0 Å². The summed E-state index contributed by atoms with van der Waals surface area (Å²) in [7, 11) is 0. The number of fused-ring (bicyclic) bond motifs is 3. The molecule has 30 heavy (non-hydrogen) atoms. The maximum atomic E-state index is 6.73. The SMILES string of the molecule is Cc1cc(C)cc(-c2ccc3[nH]c4c(Cl)cc(-c5cc(C)cc(C)c5)cc4c3c2)c1. The Balaban J connectivity index is 1.75. The molecule has 148 valence electrons. The number of aromatic nitrogens is 1. The first-order chi connectivity index (χ1) is 14.4. The minimum Gasteiger partial charge on any atom is -0.353 e. The number of rotatable bonds is 2. The molecule has 0 atom stereocenters. The number of benzene rings is 4. The van der Waals surface area contributed by atoms with E-state index in [4.69, 9.17) is 11.6 Å². The normalized spacial score (nSPS) is 11.5. The number of aromatic amines is 1. The molecular weight excluding hydrogens is 386 g/mol.